The lowest BCUT2D eigenvalue weighted by Gasteiger charge is -2.38. The van der Waals surface area contributed by atoms with E-state index in [0.717, 1.165) is 31.5 Å². The topological polar surface area (TPSA) is 54.6 Å². The number of hydrogen-bond acceptors (Lipinski definition) is 6. The molecule has 152 valence electrons. The fourth-order valence-corrected chi connectivity index (χ4v) is 4.28. The monoisotopic (exact) mass is 384 g/mol. The summed E-state index contributed by atoms with van der Waals surface area (Å²) in [6.07, 6.45) is 5.42. The van der Waals surface area contributed by atoms with Gasteiger partial charge in [-0.1, -0.05) is 5.16 Å². The van der Waals surface area contributed by atoms with Crippen LogP contribution in [0.4, 0.5) is 5.69 Å². The first kappa shape index (κ1) is 19.4. The Labute approximate surface area is 167 Å². The number of aryl methyl sites for hydroxylation is 1. The molecule has 0 aliphatic carbocycles. The largest absolute Gasteiger partial charge is 0.375 e. The van der Waals surface area contributed by atoms with E-state index in [2.05, 4.69) is 58.1 Å². The van der Waals surface area contributed by atoms with Crippen molar-refractivity contribution in [2.75, 3.05) is 31.1 Å². The number of nitrogens with zero attached hydrogens (tertiary/aromatic N) is 4. The highest BCUT2D eigenvalue weighted by Crippen LogP contribution is 2.27. The maximum absolute atomic E-state index is 6.44. The van der Waals surface area contributed by atoms with E-state index in [1.165, 1.54) is 31.6 Å². The molecule has 2 aromatic rings. The van der Waals surface area contributed by atoms with Gasteiger partial charge >= 0.3 is 0 Å². The van der Waals surface area contributed by atoms with E-state index in [9.17, 15) is 0 Å². The summed E-state index contributed by atoms with van der Waals surface area (Å²) in [6.45, 7) is 10.9. The molecule has 2 saturated heterocycles. The van der Waals surface area contributed by atoms with Gasteiger partial charge in [0.05, 0.1) is 12.2 Å². The van der Waals surface area contributed by atoms with Crippen molar-refractivity contribution in [1.29, 1.82) is 0 Å². The Balaban J connectivity index is 1.25. The van der Waals surface area contributed by atoms with Crippen LogP contribution < -0.4 is 4.90 Å². The minimum Gasteiger partial charge on any atom is -0.375 e. The summed E-state index contributed by atoms with van der Waals surface area (Å²) < 4.78 is 11.7. The third-order valence-corrected chi connectivity index (χ3v) is 6.04. The van der Waals surface area contributed by atoms with Gasteiger partial charge < -0.3 is 19.1 Å². The Hall–Kier alpha value is -1.92. The third kappa shape index (κ3) is 4.55. The molecule has 3 heterocycles. The molecule has 2 fully saturated rings. The van der Waals surface area contributed by atoms with Gasteiger partial charge in [0.1, 0.15) is 0 Å². The van der Waals surface area contributed by atoms with Crippen LogP contribution in [0.2, 0.25) is 0 Å². The number of rotatable bonds is 5. The van der Waals surface area contributed by atoms with Gasteiger partial charge in [-0.3, -0.25) is 0 Å². The standard InChI is InChI=1S/C22H32N4O2/c1-16(2)25-12-8-20(9-13-25)27-21-10-14-26(15-11-21)19-6-4-18(5-7-19)22-23-17(3)24-28-22/h4-7,16,20-21H,8-15H2,1-3H3. The fraction of sp³-hybridized carbons (Fsp3) is 0.636. The second kappa shape index (κ2) is 8.62. The minimum absolute atomic E-state index is 0.410. The number of anilines is 1. The van der Waals surface area contributed by atoms with Gasteiger partial charge in [-0.05, 0) is 70.7 Å². The number of aromatic nitrogens is 2. The molecule has 0 amide bonds. The summed E-state index contributed by atoms with van der Waals surface area (Å²) in [4.78, 5) is 9.30. The molecule has 4 rings (SSSR count). The van der Waals surface area contributed by atoms with E-state index in [0.29, 0.717) is 30.0 Å². The van der Waals surface area contributed by atoms with Crippen LogP contribution in [0.3, 0.4) is 0 Å². The molecule has 0 bridgehead atoms. The molecule has 0 spiro atoms. The molecule has 6 nitrogen and oxygen atoms in total. The molecule has 2 aliphatic rings. The first-order valence-electron chi connectivity index (χ1n) is 10.6. The molecule has 2 aliphatic heterocycles. The summed E-state index contributed by atoms with van der Waals surface area (Å²) in [7, 11) is 0. The Morgan fingerprint density at radius 2 is 1.57 bits per heavy atom. The number of likely N-dealkylation sites (tertiary alicyclic amines) is 1. The SMILES string of the molecule is Cc1noc(-c2ccc(N3CCC(OC4CCN(C(C)C)CC4)CC3)cc2)n1. The third-order valence-electron chi connectivity index (χ3n) is 6.04. The van der Waals surface area contributed by atoms with Crippen molar-refractivity contribution in [2.24, 2.45) is 0 Å². The predicted octanol–water partition coefficient (Wildman–Crippen LogP) is 3.90. The molecule has 0 saturated carbocycles. The van der Waals surface area contributed by atoms with Gasteiger partial charge in [0.2, 0.25) is 0 Å². The molecular weight excluding hydrogens is 352 g/mol. The predicted molar refractivity (Wildman–Crippen MR) is 111 cm³/mol. The highest BCUT2D eigenvalue weighted by molar-refractivity contribution is 5.59. The van der Waals surface area contributed by atoms with Crippen LogP contribution in [-0.2, 0) is 4.74 Å². The zero-order valence-electron chi connectivity index (χ0n) is 17.3. The van der Waals surface area contributed by atoms with Crippen LogP contribution in [-0.4, -0.2) is 59.5 Å². The molecule has 1 aromatic carbocycles. The first-order valence-corrected chi connectivity index (χ1v) is 10.6. The van der Waals surface area contributed by atoms with Crippen molar-refractivity contribution >= 4 is 5.69 Å². The first-order chi connectivity index (χ1) is 13.6. The van der Waals surface area contributed by atoms with E-state index in [1.54, 1.807) is 0 Å². The molecule has 0 unspecified atom stereocenters. The van der Waals surface area contributed by atoms with E-state index in [-0.39, 0.29) is 0 Å². The van der Waals surface area contributed by atoms with Gasteiger partial charge in [-0.15, -0.1) is 0 Å². The highest BCUT2D eigenvalue weighted by atomic mass is 16.5. The molecule has 1 aromatic heterocycles. The summed E-state index contributed by atoms with van der Waals surface area (Å²) in [5, 5.41) is 3.86. The second-order valence-corrected chi connectivity index (χ2v) is 8.35. The summed E-state index contributed by atoms with van der Waals surface area (Å²) in [5.74, 6) is 1.25. The van der Waals surface area contributed by atoms with Crippen LogP contribution in [0.5, 0.6) is 0 Å². The van der Waals surface area contributed by atoms with Gasteiger partial charge in [0, 0.05) is 43.5 Å². The summed E-state index contributed by atoms with van der Waals surface area (Å²) in [6, 6.07) is 9.08. The molecule has 0 atom stereocenters. The van der Waals surface area contributed by atoms with Crippen molar-refractivity contribution in [3.63, 3.8) is 0 Å². The molecular formula is C22H32N4O2. The van der Waals surface area contributed by atoms with Crippen LogP contribution in [0, 0.1) is 6.92 Å². The van der Waals surface area contributed by atoms with Crippen LogP contribution >= 0.6 is 0 Å². The molecule has 0 radical (unpaired) electrons. The van der Waals surface area contributed by atoms with Gasteiger partial charge in [0.25, 0.3) is 5.89 Å². The van der Waals surface area contributed by atoms with Crippen molar-refractivity contribution in [3.05, 3.63) is 30.1 Å². The fourth-order valence-electron chi connectivity index (χ4n) is 4.28. The lowest BCUT2D eigenvalue weighted by atomic mass is 10.0. The normalized spacial score (nSPS) is 20.2. The molecule has 0 N–H and O–H groups in total. The minimum atomic E-state index is 0.410. The van der Waals surface area contributed by atoms with Gasteiger partial charge in [-0.2, -0.15) is 4.98 Å². The van der Waals surface area contributed by atoms with Crippen molar-refractivity contribution in [2.45, 2.75) is 64.7 Å². The van der Waals surface area contributed by atoms with E-state index in [1.807, 2.05) is 6.92 Å². The van der Waals surface area contributed by atoms with Crippen molar-refractivity contribution in [3.8, 4) is 11.5 Å². The van der Waals surface area contributed by atoms with Gasteiger partial charge in [0.15, 0.2) is 5.82 Å². The van der Waals surface area contributed by atoms with E-state index < -0.39 is 0 Å². The maximum atomic E-state index is 6.44. The number of piperidine rings is 2. The lowest BCUT2D eigenvalue weighted by molar-refractivity contribution is -0.0540. The number of benzene rings is 1. The summed E-state index contributed by atoms with van der Waals surface area (Å²) in [5.41, 5.74) is 2.22. The summed E-state index contributed by atoms with van der Waals surface area (Å²) >= 11 is 0. The second-order valence-electron chi connectivity index (χ2n) is 8.35. The highest BCUT2D eigenvalue weighted by Gasteiger charge is 2.26. The number of ether oxygens (including phenoxy) is 1. The average molecular weight is 385 g/mol. The van der Waals surface area contributed by atoms with E-state index in [4.69, 9.17) is 9.26 Å². The van der Waals surface area contributed by atoms with Crippen LogP contribution in [0.25, 0.3) is 11.5 Å². The zero-order valence-corrected chi connectivity index (χ0v) is 17.3. The Bertz CT molecular complexity index is 742. The van der Waals surface area contributed by atoms with Crippen LogP contribution in [0.15, 0.2) is 28.8 Å². The van der Waals surface area contributed by atoms with E-state index >= 15 is 0 Å². The zero-order chi connectivity index (χ0) is 19.5. The van der Waals surface area contributed by atoms with Gasteiger partial charge in [-0.25, -0.2) is 0 Å². The Morgan fingerprint density at radius 1 is 0.964 bits per heavy atom. The Morgan fingerprint density at radius 3 is 2.11 bits per heavy atom. The van der Waals surface area contributed by atoms with Crippen molar-refractivity contribution < 1.29 is 9.26 Å². The number of hydrogen-bond donors (Lipinski definition) is 0. The molecule has 6 heteroatoms. The maximum Gasteiger partial charge on any atom is 0.257 e. The Kier molecular flexibility index (Phi) is 5.97. The smallest absolute Gasteiger partial charge is 0.257 e. The van der Waals surface area contributed by atoms with Crippen molar-refractivity contribution in [1.82, 2.24) is 15.0 Å². The lowest BCUT2D eigenvalue weighted by Crippen LogP contribution is -2.43. The molecule has 28 heavy (non-hydrogen) atoms. The quantitative estimate of drug-likeness (QED) is 0.779. The average Bonchev–Trinajstić information content (AvgIpc) is 3.15. The van der Waals surface area contributed by atoms with Crippen LogP contribution in [0.1, 0.15) is 45.4 Å².